The number of hydrogen-bond acceptors (Lipinski definition) is 3. The maximum Gasteiger partial charge on any atom is 0.172 e. The van der Waals surface area contributed by atoms with Crippen molar-refractivity contribution in [3.8, 4) is 67.5 Å². The molecule has 1 spiro atoms. The zero-order valence-corrected chi connectivity index (χ0v) is 31.5. The monoisotopic (exact) mass is 741 g/mol. The summed E-state index contributed by atoms with van der Waals surface area (Å²) in [6, 6.07) is 75.8. The highest BCUT2D eigenvalue weighted by molar-refractivity contribution is 5.96. The molecule has 0 amide bonds. The number of fused-ring (bicyclic) bond motifs is 12. The molecule has 3 aliphatic rings. The molecular formula is C55H35NO2. The van der Waals surface area contributed by atoms with Gasteiger partial charge in [0.15, 0.2) is 23.0 Å². The van der Waals surface area contributed by atoms with E-state index in [0.29, 0.717) is 23.0 Å². The molecule has 9 aromatic rings. The Kier molecular flexibility index (Phi) is 7.14. The number of para-hydroxylation sites is 1. The Morgan fingerprint density at radius 3 is 1.41 bits per heavy atom. The molecule has 0 fully saturated rings. The first kappa shape index (κ1) is 32.6. The zero-order valence-electron chi connectivity index (χ0n) is 31.5. The molecule has 272 valence electrons. The molecule has 9 aromatic carbocycles. The van der Waals surface area contributed by atoms with Crippen molar-refractivity contribution in [2.75, 3.05) is 4.90 Å². The fourth-order valence-electron chi connectivity index (χ4n) is 9.69. The number of hydrogen-bond donors (Lipinski definition) is 0. The van der Waals surface area contributed by atoms with Gasteiger partial charge in [0.05, 0.1) is 16.8 Å². The maximum atomic E-state index is 6.98. The third kappa shape index (κ3) is 4.74. The average Bonchev–Trinajstić information content (AvgIpc) is 3.75. The van der Waals surface area contributed by atoms with Crippen molar-refractivity contribution in [3.63, 3.8) is 0 Å². The molecule has 0 bridgehead atoms. The van der Waals surface area contributed by atoms with Gasteiger partial charge in [0, 0.05) is 17.3 Å². The van der Waals surface area contributed by atoms with Crippen LogP contribution < -0.4 is 14.4 Å². The van der Waals surface area contributed by atoms with Crippen molar-refractivity contribution < 1.29 is 9.47 Å². The molecule has 0 saturated heterocycles. The SMILES string of the molecule is c1ccc(-c2ccc(N(c3ccc4c(c3)Oc3cc5c(cc3O4)-c3ccccc3C53c4ccccc4-c4ccccc43)c3ccccc3-c3ccccc3)cc2)cc1. The predicted molar refractivity (Wildman–Crippen MR) is 235 cm³/mol. The molecule has 0 N–H and O–H groups in total. The van der Waals surface area contributed by atoms with E-state index in [1.165, 1.54) is 55.6 Å². The van der Waals surface area contributed by atoms with Gasteiger partial charge in [-0.25, -0.2) is 0 Å². The molecule has 0 aromatic heterocycles. The highest BCUT2D eigenvalue weighted by Gasteiger charge is 2.52. The normalized spacial score (nSPS) is 13.2. The van der Waals surface area contributed by atoms with Crippen molar-refractivity contribution in [2.45, 2.75) is 5.41 Å². The highest BCUT2D eigenvalue weighted by Crippen LogP contribution is 2.64. The zero-order chi connectivity index (χ0) is 38.2. The van der Waals surface area contributed by atoms with Gasteiger partial charge >= 0.3 is 0 Å². The lowest BCUT2D eigenvalue weighted by Gasteiger charge is -2.31. The molecule has 58 heavy (non-hydrogen) atoms. The number of ether oxygens (including phenoxy) is 2. The van der Waals surface area contributed by atoms with Gasteiger partial charge in [-0.05, 0) is 104 Å². The van der Waals surface area contributed by atoms with Gasteiger partial charge < -0.3 is 14.4 Å². The summed E-state index contributed by atoms with van der Waals surface area (Å²) >= 11 is 0. The van der Waals surface area contributed by atoms with Crippen molar-refractivity contribution in [1.82, 2.24) is 0 Å². The lowest BCUT2D eigenvalue weighted by Crippen LogP contribution is -2.25. The molecule has 0 atom stereocenters. The van der Waals surface area contributed by atoms with Gasteiger partial charge in [0.1, 0.15) is 0 Å². The second-order valence-electron chi connectivity index (χ2n) is 15.2. The smallest absolute Gasteiger partial charge is 0.172 e. The molecule has 1 aliphatic heterocycles. The van der Waals surface area contributed by atoms with Crippen LogP contribution in [0.3, 0.4) is 0 Å². The van der Waals surface area contributed by atoms with Crippen molar-refractivity contribution in [1.29, 1.82) is 0 Å². The van der Waals surface area contributed by atoms with Crippen molar-refractivity contribution >= 4 is 17.1 Å². The lowest BCUT2D eigenvalue weighted by molar-refractivity contribution is 0.359. The first-order valence-electron chi connectivity index (χ1n) is 19.8. The van der Waals surface area contributed by atoms with Crippen LogP contribution in [0.1, 0.15) is 22.3 Å². The van der Waals surface area contributed by atoms with Crippen LogP contribution in [-0.4, -0.2) is 0 Å². The molecular weight excluding hydrogens is 707 g/mol. The Morgan fingerprint density at radius 1 is 0.293 bits per heavy atom. The molecule has 2 aliphatic carbocycles. The summed E-state index contributed by atoms with van der Waals surface area (Å²) in [5.41, 5.74) is 17.3. The van der Waals surface area contributed by atoms with Crippen LogP contribution in [0.4, 0.5) is 17.1 Å². The Hall–Kier alpha value is -7.62. The van der Waals surface area contributed by atoms with Gasteiger partial charge in [-0.15, -0.1) is 0 Å². The van der Waals surface area contributed by atoms with Crippen LogP contribution in [0.25, 0.3) is 44.5 Å². The maximum absolute atomic E-state index is 6.98. The van der Waals surface area contributed by atoms with E-state index in [1.807, 2.05) is 6.07 Å². The Labute approximate surface area is 337 Å². The van der Waals surface area contributed by atoms with E-state index in [4.69, 9.17) is 9.47 Å². The number of benzene rings is 9. The van der Waals surface area contributed by atoms with E-state index in [1.54, 1.807) is 0 Å². The van der Waals surface area contributed by atoms with Crippen molar-refractivity contribution in [3.05, 3.63) is 235 Å². The summed E-state index contributed by atoms with van der Waals surface area (Å²) in [5, 5.41) is 0. The predicted octanol–water partition coefficient (Wildman–Crippen LogP) is 14.7. The summed E-state index contributed by atoms with van der Waals surface area (Å²) in [7, 11) is 0. The first-order valence-corrected chi connectivity index (χ1v) is 19.8. The molecule has 3 heteroatoms. The van der Waals surface area contributed by atoms with Crippen LogP contribution in [0.2, 0.25) is 0 Å². The van der Waals surface area contributed by atoms with Gasteiger partial charge in [-0.1, -0.05) is 164 Å². The van der Waals surface area contributed by atoms with E-state index in [2.05, 4.69) is 211 Å². The molecule has 12 rings (SSSR count). The Bertz CT molecular complexity index is 3020. The molecule has 0 saturated carbocycles. The minimum atomic E-state index is -0.469. The average molecular weight is 742 g/mol. The topological polar surface area (TPSA) is 21.7 Å². The van der Waals surface area contributed by atoms with Crippen molar-refractivity contribution in [2.24, 2.45) is 0 Å². The summed E-state index contributed by atoms with van der Waals surface area (Å²) in [4.78, 5) is 2.32. The van der Waals surface area contributed by atoms with E-state index < -0.39 is 5.41 Å². The summed E-state index contributed by atoms with van der Waals surface area (Å²) < 4.78 is 13.8. The minimum Gasteiger partial charge on any atom is -0.449 e. The molecule has 3 nitrogen and oxygen atoms in total. The van der Waals surface area contributed by atoms with Crippen LogP contribution in [0, 0.1) is 0 Å². The molecule has 1 heterocycles. The molecule has 0 radical (unpaired) electrons. The van der Waals surface area contributed by atoms with E-state index in [-0.39, 0.29) is 0 Å². The Morgan fingerprint density at radius 2 is 0.759 bits per heavy atom. The van der Waals surface area contributed by atoms with E-state index in [9.17, 15) is 0 Å². The standard InChI is InChI=1S/C55H35NO2/c1-3-15-36(16-4-1)37-27-29-39(30-28-37)56(50-26-14-10-19-41(50)38-17-5-2-6-18-38)40-31-32-51-52(33-40)58-54-35-49-45(34-53(54)57-51)44-22-9-13-25-48(44)55(49)46-23-11-7-20-42(46)43-21-8-12-24-47(43)55/h1-35H. The third-order valence-corrected chi connectivity index (χ3v) is 12.1. The quantitative estimate of drug-likeness (QED) is 0.175. The summed E-state index contributed by atoms with van der Waals surface area (Å²) in [6.07, 6.45) is 0. The first-order chi connectivity index (χ1) is 28.8. The summed E-state index contributed by atoms with van der Waals surface area (Å²) in [5.74, 6) is 2.78. The van der Waals surface area contributed by atoms with Crippen LogP contribution in [0.15, 0.2) is 212 Å². The van der Waals surface area contributed by atoms with Gasteiger partial charge in [0.2, 0.25) is 0 Å². The van der Waals surface area contributed by atoms with Gasteiger partial charge in [-0.2, -0.15) is 0 Å². The second kappa shape index (κ2) is 12.7. The fraction of sp³-hybridized carbons (Fsp3) is 0.0182. The van der Waals surface area contributed by atoms with Gasteiger partial charge in [-0.3, -0.25) is 0 Å². The molecule has 0 unspecified atom stereocenters. The van der Waals surface area contributed by atoms with E-state index in [0.717, 1.165) is 28.2 Å². The van der Waals surface area contributed by atoms with Crippen LogP contribution in [0.5, 0.6) is 23.0 Å². The van der Waals surface area contributed by atoms with Crippen LogP contribution in [-0.2, 0) is 5.41 Å². The number of nitrogens with zero attached hydrogens (tertiary/aromatic N) is 1. The minimum absolute atomic E-state index is 0.469. The van der Waals surface area contributed by atoms with Gasteiger partial charge in [0.25, 0.3) is 0 Å². The largest absolute Gasteiger partial charge is 0.449 e. The van der Waals surface area contributed by atoms with E-state index >= 15 is 0 Å². The number of anilines is 3. The van der Waals surface area contributed by atoms with Crippen LogP contribution >= 0.6 is 0 Å². The number of rotatable bonds is 5. The fourth-order valence-corrected chi connectivity index (χ4v) is 9.69. The summed E-state index contributed by atoms with van der Waals surface area (Å²) in [6.45, 7) is 0. The highest BCUT2D eigenvalue weighted by atomic mass is 16.6. The third-order valence-electron chi connectivity index (χ3n) is 12.1. The lowest BCUT2D eigenvalue weighted by atomic mass is 9.70. The Balaban J connectivity index is 1.00. The second-order valence-corrected chi connectivity index (χ2v) is 15.2.